The van der Waals surface area contributed by atoms with Crippen molar-refractivity contribution in [2.24, 2.45) is 5.92 Å². The molecule has 1 aromatic rings. The van der Waals surface area contributed by atoms with Crippen LogP contribution >= 0.6 is 11.6 Å². The Kier molecular flexibility index (Phi) is 4.83. The molecule has 0 saturated heterocycles. The molecule has 1 fully saturated rings. The van der Waals surface area contributed by atoms with Crippen molar-refractivity contribution in [3.8, 4) is 0 Å². The molecule has 1 aromatic carbocycles. The summed E-state index contributed by atoms with van der Waals surface area (Å²) in [5.41, 5.74) is 1.41. The molecule has 2 rings (SSSR count). The summed E-state index contributed by atoms with van der Waals surface area (Å²) in [6.07, 6.45) is 3.76. The van der Waals surface area contributed by atoms with E-state index < -0.39 is 0 Å². The number of benzene rings is 1. The number of carbonyl (C=O) groups excluding carboxylic acids is 1. The molecule has 0 heterocycles. The van der Waals surface area contributed by atoms with Crippen LogP contribution in [-0.2, 0) is 0 Å². The minimum absolute atomic E-state index is 0.113. The number of amides is 1. The lowest BCUT2D eigenvalue weighted by molar-refractivity contribution is 0.0663. The van der Waals surface area contributed by atoms with Crippen LogP contribution in [0.5, 0.6) is 0 Å². The van der Waals surface area contributed by atoms with Gasteiger partial charge in [-0.2, -0.15) is 0 Å². The molecule has 0 spiro atoms. The first-order valence-electron chi connectivity index (χ1n) is 6.81. The molecule has 1 amide bonds. The molecule has 104 valence electrons. The summed E-state index contributed by atoms with van der Waals surface area (Å²) in [6, 6.07) is 5.33. The molecule has 2 unspecified atom stereocenters. The third kappa shape index (κ3) is 3.48. The van der Waals surface area contributed by atoms with E-state index in [0.29, 0.717) is 17.1 Å². The lowest BCUT2D eigenvalue weighted by Crippen LogP contribution is -2.36. The van der Waals surface area contributed by atoms with Gasteiger partial charge >= 0.3 is 0 Å². The van der Waals surface area contributed by atoms with Crippen molar-refractivity contribution < 1.29 is 9.90 Å². The Hall–Kier alpha value is -1.06. The molecule has 1 aliphatic carbocycles. The van der Waals surface area contributed by atoms with Gasteiger partial charge in [0.25, 0.3) is 5.91 Å². The van der Waals surface area contributed by atoms with E-state index in [2.05, 4.69) is 5.32 Å². The molecule has 0 aromatic heterocycles. The lowest BCUT2D eigenvalue weighted by atomic mass is 9.86. The summed E-state index contributed by atoms with van der Waals surface area (Å²) in [7, 11) is 0. The average molecular weight is 282 g/mol. The van der Waals surface area contributed by atoms with Gasteiger partial charge in [-0.05, 0) is 37.5 Å². The van der Waals surface area contributed by atoms with Crippen LogP contribution in [0.4, 0.5) is 0 Å². The van der Waals surface area contributed by atoms with Crippen LogP contribution in [0.3, 0.4) is 0 Å². The molecule has 3 nitrogen and oxygen atoms in total. The van der Waals surface area contributed by atoms with Crippen LogP contribution in [0.1, 0.15) is 41.6 Å². The van der Waals surface area contributed by atoms with Crippen LogP contribution < -0.4 is 5.32 Å². The van der Waals surface area contributed by atoms with Gasteiger partial charge < -0.3 is 10.4 Å². The maximum atomic E-state index is 12.1. The highest BCUT2D eigenvalue weighted by Crippen LogP contribution is 2.24. The molecule has 0 bridgehead atoms. The Labute approximate surface area is 119 Å². The van der Waals surface area contributed by atoms with Crippen LogP contribution in [-0.4, -0.2) is 23.7 Å². The van der Waals surface area contributed by atoms with Gasteiger partial charge in [0, 0.05) is 23.0 Å². The monoisotopic (exact) mass is 281 g/mol. The third-order valence-electron chi connectivity index (χ3n) is 3.91. The summed E-state index contributed by atoms with van der Waals surface area (Å²) in [5, 5.41) is 13.4. The van der Waals surface area contributed by atoms with E-state index in [1.54, 1.807) is 18.2 Å². The number of nitrogens with one attached hydrogen (secondary N) is 1. The molecule has 0 aliphatic heterocycles. The fourth-order valence-electron chi connectivity index (χ4n) is 2.60. The van der Waals surface area contributed by atoms with Crippen molar-refractivity contribution in [1.29, 1.82) is 0 Å². The van der Waals surface area contributed by atoms with Crippen LogP contribution in [0.2, 0.25) is 5.02 Å². The highest BCUT2D eigenvalue weighted by atomic mass is 35.5. The number of hydrogen-bond acceptors (Lipinski definition) is 2. The van der Waals surface area contributed by atoms with E-state index in [1.807, 2.05) is 6.92 Å². The Morgan fingerprint density at radius 3 is 2.89 bits per heavy atom. The summed E-state index contributed by atoms with van der Waals surface area (Å²) in [6.45, 7) is 2.37. The number of aliphatic hydroxyl groups is 1. The number of aliphatic hydroxyl groups excluding tert-OH is 1. The fraction of sp³-hybridized carbons (Fsp3) is 0.533. The molecule has 2 atom stereocenters. The Morgan fingerprint density at radius 2 is 2.16 bits per heavy atom. The smallest absolute Gasteiger partial charge is 0.251 e. The SMILES string of the molecule is Cc1c(Cl)cccc1C(=O)NCC1CCCCC1O. The zero-order valence-electron chi connectivity index (χ0n) is 11.2. The third-order valence-corrected chi connectivity index (χ3v) is 4.32. The second kappa shape index (κ2) is 6.40. The minimum atomic E-state index is -0.283. The first-order chi connectivity index (χ1) is 9.09. The topological polar surface area (TPSA) is 49.3 Å². The van der Waals surface area contributed by atoms with E-state index in [1.165, 1.54) is 0 Å². The van der Waals surface area contributed by atoms with Crippen molar-refractivity contribution in [2.75, 3.05) is 6.54 Å². The number of halogens is 1. The van der Waals surface area contributed by atoms with Crippen LogP contribution in [0, 0.1) is 12.8 Å². The van der Waals surface area contributed by atoms with Gasteiger partial charge in [0.2, 0.25) is 0 Å². The van der Waals surface area contributed by atoms with Gasteiger partial charge in [0.05, 0.1) is 6.10 Å². The van der Waals surface area contributed by atoms with E-state index in [0.717, 1.165) is 31.2 Å². The molecular weight excluding hydrogens is 262 g/mol. The van der Waals surface area contributed by atoms with E-state index in [9.17, 15) is 9.90 Å². The molecule has 1 saturated carbocycles. The highest BCUT2D eigenvalue weighted by molar-refractivity contribution is 6.31. The van der Waals surface area contributed by atoms with Gasteiger partial charge in [-0.25, -0.2) is 0 Å². The van der Waals surface area contributed by atoms with Crippen LogP contribution in [0.25, 0.3) is 0 Å². The van der Waals surface area contributed by atoms with E-state index in [-0.39, 0.29) is 17.9 Å². The largest absolute Gasteiger partial charge is 0.393 e. The van der Waals surface area contributed by atoms with Crippen molar-refractivity contribution in [2.45, 2.75) is 38.7 Å². The number of carbonyl (C=O) groups is 1. The quantitative estimate of drug-likeness (QED) is 0.895. The molecule has 19 heavy (non-hydrogen) atoms. The second-order valence-electron chi connectivity index (χ2n) is 5.23. The van der Waals surface area contributed by atoms with Gasteiger partial charge in [-0.3, -0.25) is 4.79 Å². The number of rotatable bonds is 3. The Morgan fingerprint density at radius 1 is 1.42 bits per heavy atom. The first-order valence-corrected chi connectivity index (χ1v) is 7.18. The molecule has 2 N–H and O–H groups in total. The van der Waals surface area contributed by atoms with Gasteiger partial charge in [-0.15, -0.1) is 0 Å². The van der Waals surface area contributed by atoms with Crippen molar-refractivity contribution in [3.63, 3.8) is 0 Å². The summed E-state index contributed by atoms with van der Waals surface area (Å²) in [4.78, 5) is 12.1. The maximum Gasteiger partial charge on any atom is 0.251 e. The van der Waals surface area contributed by atoms with Gasteiger partial charge in [0.1, 0.15) is 0 Å². The maximum absolute atomic E-state index is 12.1. The van der Waals surface area contributed by atoms with Crippen LogP contribution in [0.15, 0.2) is 18.2 Å². The predicted octanol–water partition coefficient (Wildman–Crippen LogP) is 2.93. The lowest BCUT2D eigenvalue weighted by Gasteiger charge is -2.27. The zero-order valence-corrected chi connectivity index (χ0v) is 11.9. The summed E-state index contributed by atoms with van der Waals surface area (Å²) >= 11 is 6.01. The van der Waals surface area contributed by atoms with Crippen molar-refractivity contribution in [3.05, 3.63) is 34.3 Å². The predicted molar refractivity (Wildman–Crippen MR) is 76.5 cm³/mol. The molecular formula is C15H20ClNO2. The van der Waals surface area contributed by atoms with Gasteiger partial charge in [-0.1, -0.05) is 30.5 Å². The molecule has 1 aliphatic rings. The van der Waals surface area contributed by atoms with E-state index >= 15 is 0 Å². The Bertz CT molecular complexity index is 461. The van der Waals surface area contributed by atoms with Crippen molar-refractivity contribution >= 4 is 17.5 Å². The summed E-state index contributed by atoms with van der Waals surface area (Å²) in [5.74, 6) is 0.0648. The number of hydrogen-bond donors (Lipinski definition) is 2. The van der Waals surface area contributed by atoms with E-state index in [4.69, 9.17) is 11.6 Å². The normalized spacial score (nSPS) is 23.1. The molecule has 0 radical (unpaired) electrons. The standard InChI is InChI=1S/C15H20ClNO2/c1-10-12(6-4-7-13(10)16)15(19)17-9-11-5-2-3-8-14(11)18/h4,6-7,11,14,18H,2-3,5,8-9H2,1H3,(H,17,19). The van der Waals surface area contributed by atoms with Crippen molar-refractivity contribution in [1.82, 2.24) is 5.32 Å². The average Bonchev–Trinajstić information content (AvgIpc) is 2.40. The first kappa shape index (κ1) is 14.4. The zero-order chi connectivity index (χ0) is 13.8. The molecule has 4 heteroatoms. The fourth-order valence-corrected chi connectivity index (χ4v) is 2.77. The highest BCUT2D eigenvalue weighted by Gasteiger charge is 2.23. The summed E-state index contributed by atoms with van der Waals surface area (Å²) < 4.78 is 0. The minimum Gasteiger partial charge on any atom is -0.393 e. The Balaban J connectivity index is 1.95. The van der Waals surface area contributed by atoms with Gasteiger partial charge in [0.15, 0.2) is 0 Å². The second-order valence-corrected chi connectivity index (χ2v) is 5.64.